The number of rotatable bonds is 4. The lowest BCUT2D eigenvalue weighted by molar-refractivity contribution is 0.192. The maximum absolute atomic E-state index is 13.1. The average Bonchev–Trinajstić information content (AvgIpc) is 2.38. The fourth-order valence-corrected chi connectivity index (χ4v) is 3.47. The fourth-order valence-electron chi connectivity index (χ4n) is 2.77. The van der Waals surface area contributed by atoms with E-state index < -0.39 is 0 Å². The maximum Gasteiger partial charge on any atom is 0.124 e. The van der Waals surface area contributed by atoms with Gasteiger partial charge in [0.15, 0.2) is 0 Å². The summed E-state index contributed by atoms with van der Waals surface area (Å²) in [6.45, 7) is 7.79. The molecule has 0 bridgehead atoms. The lowest BCUT2D eigenvalue weighted by Gasteiger charge is -2.34. The zero-order valence-corrected chi connectivity index (χ0v) is 13.2. The molecule has 0 saturated carbocycles. The fraction of sp³-hybridized carbons (Fsp3) is 0.600. The molecule has 0 aromatic heterocycles. The molecular weight excluding hydrogens is 307 g/mol. The van der Waals surface area contributed by atoms with E-state index in [1.807, 2.05) is 6.07 Å². The van der Waals surface area contributed by atoms with Crippen LogP contribution in [0.2, 0.25) is 0 Å². The lowest BCUT2D eigenvalue weighted by atomic mass is 10.0. The molecule has 1 aromatic carbocycles. The Morgan fingerprint density at radius 3 is 3.00 bits per heavy atom. The summed E-state index contributed by atoms with van der Waals surface area (Å²) in [5.41, 5.74) is 1.12. The highest BCUT2D eigenvalue weighted by atomic mass is 79.9. The van der Waals surface area contributed by atoms with Crippen molar-refractivity contribution < 1.29 is 4.39 Å². The number of nitrogens with one attached hydrogen (secondary N) is 1. The van der Waals surface area contributed by atoms with Crippen molar-refractivity contribution in [2.75, 3.05) is 19.6 Å². The van der Waals surface area contributed by atoms with Gasteiger partial charge in [0.05, 0.1) is 0 Å². The second-order valence-electron chi connectivity index (χ2n) is 5.29. The Bertz CT molecular complexity index is 425. The lowest BCUT2D eigenvalue weighted by Crippen LogP contribution is -2.46. The van der Waals surface area contributed by atoms with E-state index in [2.05, 4.69) is 40.0 Å². The Balaban J connectivity index is 1.98. The maximum atomic E-state index is 13.1. The highest BCUT2D eigenvalue weighted by Crippen LogP contribution is 2.25. The molecular formula is C15H22BrFN2. The Kier molecular flexibility index (Phi) is 5.37. The van der Waals surface area contributed by atoms with Crippen LogP contribution in [0.3, 0.4) is 0 Å². The average molecular weight is 329 g/mol. The van der Waals surface area contributed by atoms with Gasteiger partial charge in [-0.2, -0.15) is 0 Å². The number of nitrogens with zero attached hydrogens (tertiary/aromatic N) is 1. The van der Waals surface area contributed by atoms with E-state index in [1.54, 1.807) is 0 Å². The number of hydrogen-bond donors (Lipinski definition) is 1. The highest BCUT2D eigenvalue weighted by Gasteiger charge is 2.21. The molecule has 1 aliphatic heterocycles. The van der Waals surface area contributed by atoms with E-state index in [4.69, 9.17) is 0 Å². The van der Waals surface area contributed by atoms with Crippen molar-refractivity contribution in [1.29, 1.82) is 0 Å². The van der Waals surface area contributed by atoms with Crippen molar-refractivity contribution in [3.63, 3.8) is 0 Å². The summed E-state index contributed by atoms with van der Waals surface area (Å²) < 4.78 is 14.0. The van der Waals surface area contributed by atoms with Crippen LogP contribution in [0.1, 0.15) is 38.3 Å². The minimum Gasteiger partial charge on any atom is -0.306 e. The summed E-state index contributed by atoms with van der Waals surface area (Å²) in [5, 5.41) is 3.67. The summed E-state index contributed by atoms with van der Waals surface area (Å²) >= 11 is 3.45. The van der Waals surface area contributed by atoms with Gasteiger partial charge in [0, 0.05) is 23.1 Å². The van der Waals surface area contributed by atoms with Gasteiger partial charge in [0.2, 0.25) is 0 Å². The van der Waals surface area contributed by atoms with Crippen molar-refractivity contribution in [1.82, 2.24) is 10.2 Å². The number of benzene rings is 1. The molecule has 4 heteroatoms. The van der Waals surface area contributed by atoms with Crippen LogP contribution in [0.15, 0.2) is 22.7 Å². The van der Waals surface area contributed by atoms with Crippen LogP contribution >= 0.6 is 15.9 Å². The Morgan fingerprint density at radius 1 is 1.53 bits per heavy atom. The smallest absolute Gasteiger partial charge is 0.124 e. The molecule has 1 fully saturated rings. The predicted molar refractivity (Wildman–Crippen MR) is 80.8 cm³/mol. The molecule has 2 nitrogen and oxygen atoms in total. The molecule has 1 saturated heterocycles. The van der Waals surface area contributed by atoms with Gasteiger partial charge in [0.25, 0.3) is 0 Å². The third-order valence-electron chi connectivity index (χ3n) is 3.87. The molecule has 1 aromatic rings. The van der Waals surface area contributed by atoms with Gasteiger partial charge in [0.1, 0.15) is 5.82 Å². The Morgan fingerprint density at radius 2 is 2.32 bits per heavy atom. The molecule has 106 valence electrons. The van der Waals surface area contributed by atoms with Crippen molar-refractivity contribution in [3.8, 4) is 0 Å². The molecule has 19 heavy (non-hydrogen) atoms. The molecule has 1 N–H and O–H groups in total. The predicted octanol–water partition coefficient (Wildman–Crippen LogP) is 3.72. The van der Waals surface area contributed by atoms with E-state index in [1.165, 1.54) is 31.5 Å². The first kappa shape index (κ1) is 14.9. The number of likely N-dealkylation sites (tertiary alicyclic amines) is 1. The molecule has 1 aliphatic rings. The van der Waals surface area contributed by atoms with Gasteiger partial charge >= 0.3 is 0 Å². The Labute approximate surface area is 123 Å². The molecule has 0 radical (unpaired) electrons. The summed E-state index contributed by atoms with van der Waals surface area (Å²) in [7, 11) is 0. The van der Waals surface area contributed by atoms with Gasteiger partial charge < -0.3 is 10.2 Å². The third kappa shape index (κ3) is 4.01. The van der Waals surface area contributed by atoms with Crippen molar-refractivity contribution in [2.45, 2.75) is 38.8 Å². The van der Waals surface area contributed by atoms with Crippen LogP contribution < -0.4 is 5.32 Å². The van der Waals surface area contributed by atoms with Crippen LogP contribution in [-0.2, 0) is 0 Å². The monoisotopic (exact) mass is 328 g/mol. The number of hydrogen-bond acceptors (Lipinski definition) is 2. The molecule has 1 heterocycles. The van der Waals surface area contributed by atoms with Crippen molar-refractivity contribution in [3.05, 3.63) is 34.1 Å². The second kappa shape index (κ2) is 6.82. The van der Waals surface area contributed by atoms with E-state index in [-0.39, 0.29) is 11.9 Å². The van der Waals surface area contributed by atoms with Crippen LogP contribution in [0.5, 0.6) is 0 Å². The molecule has 2 atom stereocenters. The zero-order chi connectivity index (χ0) is 13.8. The molecule has 2 rings (SSSR count). The van der Waals surface area contributed by atoms with Crippen LogP contribution in [0.4, 0.5) is 4.39 Å². The van der Waals surface area contributed by atoms with E-state index in [0.29, 0.717) is 6.04 Å². The normalized spacial score (nSPS) is 22.4. The third-order valence-corrected chi connectivity index (χ3v) is 4.55. The van der Waals surface area contributed by atoms with E-state index >= 15 is 0 Å². The number of piperidine rings is 1. The molecule has 0 aliphatic carbocycles. The first-order chi connectivity index (χ1) is 9.10. The minimum absolute atomic E-state index is 0.197. The van der Waals surface area contributed by atoms with Gasteiger partial charge in [-0.3, -0.25) is 0 Å². The highest BCUT2D eigenvalue weighted by molar-refractivity contribution is 9.10. The standard InChI is InChI=1S/C15H22BrFN2/c1-3-19-8-4-5-13(10-19)18-11(2)14-7-6-12(17)9-15(14)16/h6-7,9,11,13,18H,3-5,8,10H2,1-2H3. The van der Waals surface area contributed by atoms with Gasteiger partial charge in [-0.25, -0.2) is 4.39 Å². The van der Waals surface area contributed by atoms with Crippen LogP contribution in [0.25, 0.3) is 0 Å². The Hall–Kier alpha value is -0.450. The zero-order valence-electron chi connectivity index (χ0n) is 11.6. The second-order valence-corrected chi connectivity index (χ2v) is 6.14. The number of halogens is 2. The topological polar surface area (TPSA) is 15.3 Å². The minimum atomic E-state index is -0.197. The van der Waals surface area contributed by atoms with E-state index in [9.17, 15) is 4.39 Å². The first-order valence-electron chi connectivity index (χ1n) is 7.03. The quantitative estimate of drug-likeness (QED) is 0.906. The van der Waals surface area contributed by atoms with Crippen molar-refractivity contribution >= 4 is 15.9 Å². The summed E-state index contributed by atoms with van der Waals surface area (Å²) in [5.74, 6) is -0.197. The van der Waals surface area contributed by atoms with E-state index in [0.717, 1.165) is 23.1 Å². The largest absolute Gasteiger partial charge is 0.306 e. The summed E-state index contributed by atoms with van der Waals surface area (Å²) in [6, 6.07) is 5.68. The van der Waals surface area contributed by atoms with Crippen LogP contribution in [0, 0.1) is 5.82 Å². The van der Waals surface area contributed by atoms with Gasteiger partial charge in [-0.15, -0.1) is 0 Å². The summed E-state index contributed by atoms with van der Waals surface area (Å²) in [6.07, 6.45) is 2.47. The van der Waals surface area contributed by atoms with Crippen LogP contribution in [-0.4, -0.2) is 30.6 Å². The SMILES string of the molecule is CCN1CCCC(NC(C)c2ccc(F)cc2Br)C1. The van der Waals surface area contributed by atoms with Gasteiger partial charge in [-0.1, -0.05) is 28.9 Å². The summed E-state index contributed by atoms with van der Waals surface area (Å²) in [4.78, 5) is 2.48. The van der Waals surface area contributed by atoms with Gasteiger partial charge in [-0.05, 0) is 50.6 Å². The van der Waals surface area contributed by atoms with Crippen molar-refractivity contribution in [2.24, 2.45) is 0 Å². The first-order valence-corrected chi connectivity index (χ1v) is 7.82. The molecule has 0 amide bonds. The molecule has 0 spiro atoms. The number of likely N-dealkylation sites (N-methyl/N-ethyl adjacent to an activating group) is 1. The molecule has 2 unspecified atom stereocenters.